The Morgan fingerprint density at radius 1 is 1.24 bits per heavy atom. The van der Waals surface area contributed by atoms with Crippen LogP contribution in [-0.2, 0) is 6.54 Å². The minimum absolute atomic E-state index is 0.665. The van der Waals surface area contributed by atoms with Crippen LogP contribution < -0.4 is 10.1 Å². The van der Waals surface area contributed by atoms with Crippen molar-refractivity contribution in [1.29, 1.82) is 0 Å². The summed E-state index contributed by atoms with van der Waals surface area (Å²) in [6, 6.07) is 8.54. The van der Waals surface area contributed by atoms with E-state index in [4.69, 9.17) is 4.74 Å². The highest BCUT2D eigenvalue weighted by Crippen LogP contribution is 2.33. The van der Waals surface area contributed by atoms with Gasteiger partial charge in [-0.1, -0.05) is 15.9 Å². The Hall–Kier alpha value is -0.910. The average Bonchev–Trinajstić information content (AvgIpc) is 3.25. The van der Waals surface area contributed by atoms with Gasteiger partial charge in [0, 0.05) is 40.6 Å². The highest BCUT2D eigenvalue weighted by Gasteiger charge is 2.21. The van der Waals surface area contributed by atoms with Gasteiger partial charge in [0.25, 0.3) is 0 Å². The number of rotatable bonds is 5. The smallest absolute Gasteiger partial charge is 0.141 e. The first-order valence-electron chi connectivity index (χ1n) is 6.93. The molecule has 0 atom stereocenters. The second-order valence-electron chi connectivity index (χ2n) is 5.27. The van der Waals surface area contributed by atoms with E-state index >= 15 is 0 Å². The lowest BCUT2D eigenvalue weighted by atomic mass is 10.2. The molecule has 1 aliphatic rings. The lowest BCUT2D eigenvalue weighted by Gasteiger charge is -2.13. The molecule has 0 aliphatic heterocycles. The third-order valence-corrected chi connectivity index (χ3v) is 4.47. The maximum atomic E-state index is 6.08. The van der Waals surface area contributed by atoms with Crippen molar-refractivity contribution in [2.75, 3.05) is 0 Å². The summed E-state index contributed by atoms with van der Waals surface area (Å²) in [5, 5.41) is 3.50. The van der Waals surface area contributed by atoms with Crippen LogP contribution in [0, 0.1) is 6.92 Å². The molecule has 2 aromatic rings. The Labute approximate surface area is 141 Å². The number of pyridine rings is 1. The number of nitrogens with zero attached hydrogens (tertiary/aromatic N) is 1. The summed E-state index contributed by atoms with van der Waals surface area (Å²) in [5.41, 5.74) is 2.04. The fraction of sp³-hybridized carbons (Fsp3) is 0.312. The van der Waals surface area contributed by atoms with Crippen molar-refractivity contribution in [1.82, 2.24) is 10.3 Å². The Morgan fingerprint density at radius 3 is 2.76 bits per heavy atom. The molecule has 5 heteroatoms. The second-order valence-corrected chi connectivity index (χ2v) is 7.04. The molecule has 1 aliphatic carbocycles. The number of aromatic nitrogens is 1. The van der Waals surface area contributed by atoms with Crippen molar-refractivity contribution >= 4 is 31.9 Å². The zero-order chi connectivity index (χ0) is 14.8. The fourth-order valence-corrected chi connectivity index (χ4v) is 3.14. The lowest BCUT2D eigenvalue weighted by molar-refractivity contribution is 0.468. The quantitative estimate of drug-likeness (QED) is 0.754. The lowest BCUT2D eigenvalue weighted by Crippen LogP contribution is -2.16. The van der Waals surface area contributed by atoms with Crippen LogP contribution >= 0.6 is 31.9 Å². The molecular formula is C16H16Br2N2O. The van der Waals surface area contributed by atoms with Gasteiger partial charge in [-0.2, -0.15) is 0 Å². The summed E-state index contributed by atoms with van der Waals surface area (Å²) in [4.78, 5) is 4.38. The predicted octanol–water partition coefficient (Wildman–Crippen LogP) is 4.96. The Morgan fingerprint density at radius 2 is 2.05 bits per heavy atom. The van der Waals surface area contributed by atoms with Crippen molar-refractivity contribution < 1.29 is 4.74 Å². The molecule has 21 heavy (non-hydrogen) atoms. The number of hydrogen-bond donors (Lipinski definition) is 1. The van der Waals surface area contributed by atoms with Crippen LogP contribution in [0.2, 0.25) is 0 Å². The molecule has 0 spiro atoms. The minimum atomic E-state index is 0.665. The Kier molecular flexibility index (Phi) is 4.62. The van der Waals surface area contributed by atoms with E-state index in [0.717, 1.165) is 38.2 Å². The highest BCUT2D eigenvalue weighted by molar-refractivity contribution is 9.11. The number of aryl methyl sites for hydroxylation is 1. The van der Waals surface area contributed by atoms with Gasteiger partial charge in [-0.25, -0.2) is 0 Å². The van der Waals surface area contributed by atoms with Gasteiger partial charge < -0.3 is 10.1 Å². The van der Waals surface area contributed by atoms with Gasteiger partial charge in [0.05, 0.1) is 4.47 Å². The summed E-state index contributed by atoms with van der Waals surface area (Å²) >= 11 is 6.98. The Bertz CT molecular complexity index is 657. The fourth-order valence-electron chi connectivity index (χ4n) is 2.01. The summed E-state index contributed by atoms with van der Waals surface area (Å²) < 4.78 is 8.02. The Balaban J connectivity index is 1.83. The SMILES string of the molecule is Cc1cc(Oc2ccc(Br)cc2Br)c(CNC2CC2)cn1. The van der Waals surface area contributed by atoms with Gasteiger partial charge >= 0.3 is 0 Å². The zero-order valence-electron chi connectivity index (χ0n) is 11.7. The van der Waals surface area contributed by atoms with E-state index < -0.39 is 0 Å². The number of halogens is 2. The van der Waals surface area contributed by atoms with Crippen molar-refractivity contribution in [3.8, 4) is 11.5 Å². The largest absolute Gasteiger partial charge is 0.456 e. The van der Waals surface area contributed by atoms with Crippen LogP contribution in [0.5, 0.6) is 11.5 Å². The van der Waals surface area contributed by atoms with Crippen molar-refractivity contribution in [2.24, 2.45) is 0 Å². The van der Waals surface area contributed by atoms with E-state index in [-0.39, 0.29) is 0 Å². The van der Waals surface area contributed by atoms with E-state index in [1.165, 1.54) is 12.8 Å². The number of hydrogen-bond acceptors (Lipinski definition) is 3. The molecule has 0 amide bonds. The van der Waals surface area contributed by atoms with Gasteiger partial charge in [0.15, 0.2) is 0 Å². The van der Waals surface area contributed by atoms with Crippen LogP contribution in [0.1, 0.15) is 24.1 Å². The maximum absolute atomic E-state index is 6.08. The highest BCUT2D eigenvalue weighted by atomic mass is 79.9. The van der Waals surface area contributed by atoms with Gasteiger partial charge in [0.2, 0.25) is 0 Å². The molecule has 1 saturated carbocycles. The van der Waals surface area contributed by atoms with E-state index in [1.807, 2.05) is 37.4 Å². The minimum Gasteiger partial charge on any atom is -0.456 e. The van der Waals surface area contributed by atoms with Crippen LogP contribution in [0.3, 0.4) is 0 Å². The number of benzene rings is 1. The van der Waals surface area contributed by atoms with Crippen molar-refractivity contribution in [3.63, 3.8) is 0 Å². The van der Waals surface area contributed by atoms with Crippen LogP contribution in [0.25, 0.3) is 0 Å². The van der Waals surface area contributed by atoms with Gasteiger partial charge in [-0.3, -0.25) is 4.98 Å². The topological polar surface area (TPSA) is 34.1 Å². The molecule has 1 aromatic heterocycles. The average molecular weight is 412 g/mol. The molecule has 3 nitrogen and oxygen atoms in total. The zero-order valence-corrected chi connectivity index (χ0v) is 14.9. The molecule has 0 bridgehead atoms. The third kappa shape index (κ3) is 4.05. The third-order valence-electron chi connectivity index (χ3n) is 3.35. The van der Waals surface area contributed by atoms with Crippen LogP contribution in [-0.4, -0.2) is 11.0 Å². The van der Waals surface area contributed by atoms with Gasteiger partial charge in [0.1, 0.15) is 11.5 Å². The van der Waals surface area contributed by atoms with E-state index in [1.54, 1.807) is 0 Å². The molecule has 0 unspecified atom stereocenters. The summed E-state index contributed by atoms with van der Waals surface area (Å²) in [7, 11) is 0. The van der Waals surface area contributed by atoms with Crippen LogP contribution in [0.15, 0.2) is 39.4 Å². The molecule has 1 aromatic carbocycles. The second kappa shape index (κ2) is 6.46. The first kappa shape index (κ1) is 15.0. The van der Waals surface area contributed by atoms with Crippen molar-refractivity contribution in [2.45, 2.75) is 32.4 Å². The molecular weight excluding hydrogens is 396 g/mol. The van der Waals surface area contributed by atoms with Crippen molar-refractivity contribution in [3.05, 3.63) is 50.7 Å². The molecule has 3 rings (SSSR count). The molecule has 0 radical (unpaired) electrons. The molecule has 1 heterocycles. The van der Waals surface area contributed by atoms with Gasteiger partial charge in [-0.15, -0.1) is 0 Å². The standard InChI is InChI=1S/C16H16Br2N2O/c1-10-6-16(11(8-19-10)9-20-13-3-4-13)21-15-5-2-12(17)7-14(15)18/h2,5-8,13,20H,3-4,9H2,1H3. The molecule has 0 saturated heterocycles. The van der Waals surface area contributed by atoms with E-state index in [0.29, 0.717) is 6.04 Å². The first-order valence-corrected chi connectivity index (χ1v) is 8.52. The number of ether oxygens (including phenoxy) is 1. The molecule has 1 N–H and O–H groups in total. The van der Waals surface area contributed by atoms with Crippen LogP contribution in [0.4, 0.5) is 0 Å². The van der Waals surface area contributed by atoms with Gasteiger partial charge in [-0.05, 0) is 53.9 Å². The number of nitrogens with one attached hydrogen (secondary N) is 1. The normalized spacial score (nSPS) is 14.2. The van der Waals surface area contributed by atoms with E-state index in [2.05, 4.69) is 42.2 Å². The maximum Gasteiger partial charge on any atom is 0.141 e. The molecule has 1 fully saturated rings. The first-order chi connectivity index (χ1) is 10.1. The summed E-state index contributed by atoms with van der Waals surface area (Å²) in [5.74, 6) is 1.66. The summed E-state index contributed by atoms with van der Waals surface area (Å²) in [6.45, 7) is 2.77. The van der Waals surface area contributed by atoms with E-state index in [9.17, 15) is 0 Å². The summed E-state index contributed by atoms with van der Waals surface area (Å²) in [6.07, 6.45) is 4.44. The monoisotopic (exact) mass is 410 g/mol. The predicted molar refractivity (Wildman–Crippen MR) is 90.8 cm³/mol. The molecule has 110 valence electrons.